The number of hydrogen-bond donors (Lipinski definition) is 3. The van der Waals surface area contributed by atoms with Gasteiger partial charge in [-0.2, -0.15) is 0 Å². The van der Waals surface area contributed by atoms with Crippen molar-refractivity contribution in [1.29, 1.82) is 0 Å². The third kappa shape index (κ3) is 5.73. The molecular formula is C22H20ClN3O3. The van der Waals surface area contributed by atoms with E-state index in [-0.39, 0.29) is 12.3 Å². The van der Waals surface area contributed by atoms with Crippen LogP contribution in [0.25, 0.3) is 0 Å². The summed E-state index contributed by atoms with van der Waals surface area (Å²) in [5.74, 6) is -0.0164. The normalized spacial score (nSPS) is 10.1. The van der Waals surface area contributed by atoms with E-state index in [1.54, 1.807) is 49.6 Å². The van der Waals surface area contributed by atoms with Crippen LogP contribution >= 0.6 is 11.6 Å². The molecule has 2 amide bonds. The maximum atomic E-state index is 12.6. The molecule has 0 saturated carbocycles. The Morgan fingerprint density at radius 2 is 1.59 bits per heavy atom. The molecule has 0 aromatic heterocycles. The zero-order chi connectivity index (χ0) is 20.6. The number of rotatable bonds is 6. The molecule has 0 aliphatic rings. The molecule has 3 N–H and O–H groups in total. The van der Waals surface area contributed by atoms with Gasteiger partial charge in [0, 0.05) is 10.7 Å². The van der Waals surface area contributed by atoms with Crippen LogP contribution in [0.3, 0.4) is 0 Å². The third-order valence-electron chi connectivity index (χ3n) is 4.13. The lowest BCUT2D eigenvalue weighted by Gasteiger charge is -2.13. The first-order chi connectivity index (χ1) is 14.0. The summed E-state index contributed by atoms with van der Waals surface area (Å²) in [5.41, 5.74) is 7.49. The van der Waals surface area contributed by atoms with Gasteiger partial charge in [-0.15, -0.1) is 0 Å². The van der Waals surface area contributed by atoms with Crippen LogP contribution in [0.15, 0.2) is 72.8 Å². The first-order valence-corrected chi connectivity index (χ1v) is 9.26. The van der Waals surface area contributed by atoms with Gasteiger partial charge in [0.05, 0.1) is 24.8 Å². The highest BCUT2D eigenvalue weighted by molar-refractivity contribution is 6.30. The number of hydrazine groups is 1. The van der Waals surface area contributed by atoms with Gasteiger partial charge < -0.3 is 10.1 Å². The van der Waals surface area contributed by atoms with E-state index in [0.29, 0.717) is 16.3 Å². The van der Waals surface area contributed by atoms with Crippen LogP contribution in [-0.4, -0.2) is 18.9 Å². The number of nitrogens with one attached hydrogen (secondary N) is 3. The topological polar surface area (TPSA) is 79.5 Å². The number of ether oxygens (including phenoxy) is 1. The molecule has 0 saturated heterocycles. The molecule has 0 aliphatic carbocycles. The minimum absolute atomic E-state index is 0.128. The molecule has 6 nitrogen and oxygen atoms in total. The van der Waals surface area contributed by atoms with Crippen LogP contribution in [0.2, 0.25) is 5.02 Å². The monoisotopic (exact) mass is 409 g/mol. The molecule has 0 atom stereocenters. The number of hydrogen-bond acceptors (Lipinski definition) is 4. The highest BCUT2D eigenvalue weighted by Crippen LogP contribution is 2.22. The van der Waals surface area contributed by atoms with Gasteiger partial charge in [0.2, 0.25) is 5.91 Å². The summed E-state index contributed by atoms with van der Waals surface area (Å²) in [6.07, 6.45) is 0.128. The number of halogens is 1. The van der Waals surface area contributed by atoms with E-state index in [9.17, 15) is 9.59 Å². The van der Waals surface area contributed by atoms with Gasteiger partial charge in [-0.25, -0.2) is 0 Å². The van der Waals surface area contributed by atoms with E-state index in [2.05, 4.69) is 16.2 Å². The van der Waals surface area contributed by atoms with E-state index in [1.165, 1.54) is 0 Å². The lowest BCUT2D eigenvalue weighted by molar-refractivity contribution is -0.121. The number of methoxy groups -OCH3 is 1. The predicted molar refractivity (Wildman–Crippen MR) is 113 cm³/mol. The summed E-state index contributed by atoms with van der Waals surface area (Å²) >= 11 is 5.84. The highest BCUT2D eigenvalue weighted by Gasteiger charge is 2.12. The van der Waals surface area contributed by atoms with Crippen molar-refractivity contribution in [3.63, 3.8) is 0 Å². The van der Waals surface area contributed by atoms with Gasteiger partial charge >= 0.3 is 0 Å². The second-order valence-corrected chi connectivity index (χ2v) is 6.64. The van der Waals surface area contributed by atoms with Gasteiger partial charge in [0.25, 0.3) is 5.91 Å². The van der Waals surface area contributed by atoms with E-state index in [4.69, 9.17) is 16.3 Å². The summed E-state index contributed by atoms with van der Waals surface area (Å²) in [4.78, 5) is 24.6. The summed E-state index contributed by atoms with van der Waals surface area (Å²) in [6, 6.07) is 21.3. The van der Waals surface area contributed by atoms with Crippen molar-refractivity contribution in [2.24, 2.45) is 0 Å². The van der Waals surface area contributed by atoms with Crippen molar-refractivity contribution in [1.82, 2.24) is 10.9 Å². The number of amides is 2. The maximum Gasteiger partial charge on any atom is 0.271 e. The van der Waals surface area contributed by atoms with Crippen molar-refractivity contribution < 1.29 is 14.3 Å². The fraction of sp³-hybridized carbons (Fsp3) is 0.0909. The molecule has 3 aromatic carbocycles. The molecule has 0 heterocycles. The summed E-state index contributed by atoms with van der Waals surface area (Å²) in [6.45, 7) is 0. The second kappa shape index (κ2) is 9.61. The van der Waals surface area contributed by atoms with E-state index >= 15 is 0 Å². The summed E-state index contributed by atoms with van der Waals surface area (Å²) in [5, 5.41) is 3.80. The number of anilines is 2. The zero-order valence-electron chi connectivity index (χ0n) is 15.7. The molecule has 0 spiro atoms. The van der Waals surface area contributed by atoms with Crippen LogP contribution in [0, 0.1) is 0 Å². The molecule has 3 aromatic rings. The first-order valence-electron chi connectivity index (χ1n) is 8.89. The summed E-state index contributed by atoms with van der Waals surface area (Å²) in [7, 11) is 1.60. The number of carbonyl (C=O) groups is 2. The van der Waals surface area contributed by atoms with Crippen molar-refractivity contribution in [3.05, 3.63) is 88.9 Å². The van der Waals surface area contributed by atoms with E-state index < -0.39 is 5.91 Å². The zero-order valence-corrected chi connectivity index (χ0v) is 16.5. The Labute approximate surface area is 173 Å². The van der Waals surface area contributed by atoms with Crippen LogP contribution < -0.4 is 20.9 Å². The second-order valence-electron chi connectivity index (χ2n) is 6.20. The highest BCUT2D eigenvalue weighted by atomic mass is 35.5. The number of carbonyl (C=O) groups excluding carboxylic acids is 2. The standard InChI is InChI=1S/C22H20ClN3O3/c1-29-18-12-10-17(11-13-18)24-20-5-3-2-4-19(20)22(28)26-25-21(27)14-15-6-8-16(23)9-7-15/h2-13,24H,14H2,1H3,(H,25,27)(H,26,28). The van der Waals surface area contributed by atoms with Gasteiger partial charge in [-0.3, -0.25) is 20.4 Å². The lowest BCUT2D eigenvalue weighted by Crippen LogP contribution is -2.42. The minimum atomic E-state index is -0.425. The molecule has 29 heavy (non-hydrogen) atoms. The minimum Gasteiger partial charge on any atom is -0.497 e. The first kappa shape index (κ1) is 20.2. The van der Waals surface area contributed by atoms with Crippen LogP contribution in [-0.2, 0) is 11.2 Å². The van der Waals surface area contributed by atoms with Gasteiger partial charge in [-0.1, -0.05) is 35.9 Å². The van der Waals surface area contributed by atoms with Crippen molar-refractivity contribution in [3.8, 4) is 5.75 Å². The molecule has 148 valence electrons. The molecule has 0 bridgehead atoms. The molecule has 0 radical (unpaired) electrons. The van der Waals surface area contributed by atoms with Crippen LogP contribution in [0.5, 0.6) is 5.75 Å². The molecule has 3 rings (SSSR count). The Balaban J connectivity index is 1.61. The number of para-hydroxylation sites is 1. The fourth-order valence-electron chi connectivity index (χ4n) is 2.65. The summed E-state index contributed by atoms with van der Waals surface area (Å²) < 4.78 is 5.15. The SMILES string of the molecule is COc1ccc(Nc2ccccc2C(=O)NNC(=O)Cc2ccc(Cl)cc2)cc1. The predicted octanol–water partition coefficient (Wildman–Crippen LogP) is 4.10. The van der Waals surface area contributed by atoms with Gasteiger partial charge in [-0.05, 0) is 54.1 Å². The number of benzene rings is 3. The average Bonchev–Trinajstić information content (AvgIpc) is 2.74. The molecule has 0 fully saturated rings. The van der Waals surface area contributed by atoms with Crippen LogP contribution in [0.4, 0.5) is 11.4 Å². The Morgan fingerprint density at radius 1 is 0.897 bits per heavy atom. The Bertz CT molecular complexity index is 989. The smallest absolute Gasteiger partial charge is 0.271 e. The Kier molecular flexibility index (Phi) is 6.71. The molecular weight excluding hydrogens is 390 g/mol. The maximum absolute atomic E-state index is 12.6. The quantitative estimate of drug-likeness (QED) is 0.535. The largest absolute Gasteiger partial charge is 0.497 e. The van der Waals surface area contributed by atoms with Crippen molar-refractivity contribution >= 4 is 34.8 Å². The van der Waals surface area contributed by atoms with Gasteiger partial charge in [0.15, 0.2) is 0 Å². The Morgan fingerprint density at radius 3 is 2.28 bits per heavy atom. The average molecular weight is 410 g/mol. The van der Waals surface area contributed by atoms with E-state index in [0.717, 1.165) is 17.0 Å². The Hall–Kier alpha value is -3.51. The van der Waals surface area contributed by atoms with Crippen molar-refractivity contribution in [2.45, 2.75) is 6.42 Å². The third-order valence-corrected chi connectivity index (χ3v) is 4.39. The fourth-order valence-corrected chi connectivity index (χ4v) is 2.77. The lowest BCUT2D eigenvalue weighted by atomic mass is 10.1. The van der Waals surface area contributed by atoms with Crippen molar-refractivity contribution in [2.75, 3.05) is 12.4 Å². The molecule has 0 aliphatic heterocycles. The van der Waals surface area contributed by atoms with E-state index in [1.807, 2.05) is 30.3 Å². The molecule has 7 heteroatoms. The van der Waals surface area contributed by atoms with Crippen LogP contribution in [0.1, 0.15) is 15.9 Å². The molecule has 0 unspecified atom stereocenters. The van der Waals surface area contributed by atoms with Gasteiger partial charge in [0.1, 0.15) is 5.75 Å².